The number of benzene rings is 2. The molecule has 1 atom stereocenters. The number of hydrogen-bond acceptors (Lipinski definition) is 3. The van der Waals surface area contributed by atoms with E-state index in [1.54, 1.807) is 18.4 Å². The maximum Gasteiger partial charge on any atom is 0.217 e. The average Bonchev–Trinajstić information content (AvgIpc) is 3.28. The van der Waals surface area contributed by atoms with Gasteiger partial charge in [-0.05, 0) is 36.2 Å². The number of aromatic nitrogens is 1. The third-order valence-electron chi connectivity index (χ3n) is 4.62. The number of nitrogens with zero attached hydrogens (tertiary/aromatic N) is 1. The van der Waals surface area contributed by atoms with Crippen LogP contribution in [-0.4, -0.2) is 16.5 Å². The van der Waals surface area contributed by atoms with Crippen LogP contribution < -0.4 is 0 Å². The van der Waals surface area contributed by atoms with E-state index in [2.05, 4.69) is 11.1 Å². The molecule has 0 radical (unpaired) electrons. The Kier molecular flexibility index (Phi) is 4.05. The van der Waals surface area contributed by atoms with Crippen molar-refractivity contribution in [1.82, 2.24) is 4.98 Å². The monoisotopic (exact) mass is 346 g/mol. The molecule has 0 fully saturated rings. The van der Waals surface area contributed by atoms with Crippen molar-refractivity contribution in [2.45, 2.75) is 12.8 Å². The summed E-state index contributed by atoms with van der Waals surface area (Å²) in [5.41, 5.74) is 4.90. The van der Waals surface area contributed by atoms with E-state index >= 15 is 0 Å². The van der Waals surface area contributed by atoms with Gasteiger partial charge in [-0.2, -0.15) is 0 Å². The number of fused-ring (bicyclic) bond motifs is 1. The molecule has 4 rings (SSSR count). The van der Waals surface area contributed by atoms with Gasteiger partial charge in [0.2, 0.25) is 6.54 Å². The maximum atomic E-state index is 11.4. The molecule has 1 N–H and O–H groups in total. The Labute approximate surface area is 150 Å². The Balaban J connectivity index is 2.00. The lowest BCUT2D eigenvalue weighted by molar-refractivity contribution is -0.482. The molecule has 2 heterocycles. The summed E-state index contributed by atoms with van der Waals surface area (Å²) in [6, 6.07) is 19.6. The SMILES string of the molecule is Cc1ccc2c(C(C[N+](=O)[O-])c3ccco3)c(-c3ccccc3)[nH]c2c1. The molecular formula is C21H18N2O3. The van der Waals surface area contributed by atoms with Crippen molar-refractivity contribution in [2.75, 3.05) is 6.54 Å². The van der Waals surface area contributed by atoms with Crippen molar-refractivity contribution in [3.05, 3.63) is 93.9 Å². The van der Waals surface area contributed by atoms with E-state index in [1.807, 2.05) is 49.4 Å². The first-order valence-corrected chi connectivity index (χ1v) is 8.46. The number of aryl methyl sites for hydroxylation is 1. The zero-order chi connectivity index (χ0) is 18.1. The first-order valence-electron chi connectivity index (χ1n) is 8.46. The third kappa shape index (κ3) is 2.88. The summed E-state index contributed by atoms with van der Waals surface area (Å²) in [7, 11) is 0. The van der Waals surface area contributed by atoms with Gasteiger partial charge in [0.25, 0.3) is 0 Å². The number of nitro groups is 1. The van der Waals surface area contributed by atoms with Crippen LogP contribution in [0.5, 0.6) is 0 Å². The molecule has 2 aromatic heterocycles. The Morgan fingerprint density at radius 1 is 1.12 bits per heavy atom. The lowest BCUT2D eigenvalue weighted by Gasteiger charge is -2.13. The fourth-order valence-electron chi connectivity index (χ4n) is 3.49. The second kappa shape index (κ2) is 6.52. The van der Waals surface area contributed by atoms with Gasteiger partial charge in [0, 0.05) is 21.4 Å². The Morgan fingerprint density at radius 2 is 1.92 bits per heavy atom. The van der Waals surface area contributed by atoms with E-state index in [1.165, 1.54) is 0 Å². The number of furan rings is 1. The number of hydrogen-bond donors (Lipinski definition) is 1. The summed E-state index contributed by atoms with van der Waals surface area (Å²) in [5, 5.41) is 12.4. The molecule has 0 aliphatic heterocycles. The smallest absolute Gasteiger partial charge is 0.217 e. The fourth-order valence-corrected chi connectivity index (χ4v) is 3.49. The molecule has 0 aliphatic carbocycles. The van der Waals surface area contributed by atoms with Crippen LogP contribution in [0, 0.1) is 17.0 Å². The van der Waals surface area contributed by atoms with Crippen LogP contribution in [0.3, 0.4) is 0 Å². The van der Waals surface area contributed by atoms with Gasteiger partial charge >= 0.3 is 0 Å². The molecule has 2 aromatic carbocycles. The van der Waals surface area contributed by atoms with E-state index in [0.29, 0.717) is 5.76 Å². The van der Waals surface area contributed by atoms with Gasteiger partial charge in [0.1, 0.15) is 11.7 Å². The molecule has 0 saturated heterocycles. The number of aromatic amines is 1. The van der Waals surface area contributed by atoms with Crippen molar-refractivity contribution in [3.63, 3.8) is 0 Å². The van der Waals surface area contributed by atoms with Crippen LogP contribution in [0.2, 0.25) is 0 Å². The Morgan fingerprint density at radius 3 is 2.62 bits per heavy atom. The topological polar surface area (TPSA) is 72.1 Å². The van der Waals surface area contributed by atoms with E-state index in [9.17, 15) is 10.1 Å². The summed E-state index contributed by atoms with van der Waals surface area (Å²) in [4.78, 5) is 14.6. The van der Waals surface area contributed by atoms with Crippen LogP contribution in [0.25, 0.3) is 22.2 Å². The fraction of sp³-hybridized carbons (Fsp3) is 0.143. The molecular weight excluding hydrogens is 328 g/mol. The minimum Gasteiger partial charge on any atom is -0.468 e. The molecule has 0 amide bonds. The van der Waals surface area contributed by atoms with E-state index in [0.717, 1.165) is 33.3 Å². The van der Waals surface area contributed by atoms with Crippen LogP contribution in [0.4, 0.5) is 0 Å². The molecule has 0 spiro atoms. The number of rotatable bonds is 5. The number of nitrogens with one attached hydrogen (secondary N) is 1. The number of H-pyrrole nitrogens is 1. The van der Waals surface area contributed by atoms with Crippen LogP contribution in [0.15, 0.2) is 71.3 Å². The molecule has 130 valence electrons. The Hall–Kier alpha value is -3.34. The van der Waals surface area contributed by atoms with Crippen molar-refractivity contribution < 1.29 is 9.34 Å². The maximum absolute atomic E-state index is 11.4. The first-order chi connectivity index (χ1) is 12.6. The van der Waals surface area contributed by atoms with Crippen LogP contribution in [-0.2, 0) is 0 Å². The minimum atomic E-state index is -0.466. The summed E-state index contributed by atoms with van der Waals surface area (Å²) in [6.07, 6.45) is 1.56. The summed E-state index contributed by atoms with van der Waals surface area (Å²) in [6.45, 7) is 1.80. The van der Waals surface area contributed by atoms with E-state index < -0.39 is 5.92 Å². The lowest BCUT2D eigenvalue weighted by atomic mass is 9.91. The second-order valence-corrected chi connectivity index (χ2v) is 6.41. The molecule has 0 bridgehead atoms. The van der Waals surface area contributed by atoms with Gasteiger partial charge < -0.3 is 9.40 Å². The molecule has 4 aromatic rings. The van der Waals surface area contributed by atoms with Crippen molar-refractivity contribution in [1.29, 1.82) is 0 Å². The highest BCUT2D eigenvalue weighted by molar-refractivity contribution is 5.92. The molecule has 5 heteroatoms. The van der Waals surface area contributed by atoms with Gasteiger partial charge in [-0.15, -0.1) is 0 Å². The first kappa shape index (κ1) is 16.1. The highest BCUT2D eigenvalue weighted by atomic mass is 16.6. The van der Waals surface area contributed by atoms with E-state index in [-0.39, 0.29) is 11.5 Å². The summed E-state index contributed by atoms with van der Waals surface area (Å²) >= 11 is 0. The average molecular weight is 346 g/mol. The highest BCUT2D eigenvalue weighted by Crippen LogP contribution is 2.39. The van der Waals surface area contributed by atoms with Gasteiger partial charge in [0.15, 0.2) is 0 Å². The minimum absolute atomic E-state index is 0.228. The van der Waals surface area contributed by atoms with Gasteiger partial charge in [-0.3, -0.25) is 10.1 Å². The highest BCUT2D eigenvalue weighted by Gasteiger charge is 2.29. The van der Waals surface area contributed by atoms with Crippen molar-refractivity contribution in [3.8, 4) is 11.3 Å². The van der Waals surface area contributed by atoms with Gasteiger partial charge in [0.05, 0.1) is 12.0 Å². The lowest BCUT2D eigenvalue weighted by Crippen LogP contribution is -2.14. The molecule has 26 heavy (non-hydrogen) atoms. The molecule has 0 aliphatic rings. The summed E-state index contributed by atoms with van der Waals surface area (Å²) in [5.74, 6) is 0.131. The predicted molar refractivity (Wildman–Crippen MR) is 101 cm³/mol. The van der Waals surface area contributed by atoms with Crippen molar-refractivity contribution >= 4 is 10.9 Å². The second-order valence-electron chi connectivity index (χ2n) is 6.41. The Bertz CT molecular complexity index is 1050. The molecule has 1 unspecified atom stereocenters. The van der Waals surface area contributed by atoms with Crippen molar-refractivity contribution in [2.24, 2.45) is 0 Å². The predicted octanol–water partition coefficient (Wildman–Crippen LogP) is 5.14. The normalized spacial score (nSPS) is 12.3. The van der Waals surface area contributed by atoms with Gasteiger partial charge in [-0.1, -0.05) is 42.5 Å². The van der Waals surface area contributed by atoms with E-state index in [4.69, 9.17) is 4.42 Å². The molecule has 5 nitrogen and oxygen atoms in total. The molecule has 0 saturated carbocycles. The zero-order valence-corrected chi connectivity index (χ0v) is 14.3. The quantitative estimate of drug-likeness (QED) is 0.401. The third-order valence-corrected chi connectivity index (χ3v) is 4.62. The van der Waals surface area contributed by atoms with Gasteiger partial charge in [-0.25, -0.2) is 0 Å². The summed E-state index contributed by atoms with van der Waals surface area (Å²) < 4.78 is 5.57. The standard InChI is InChI=1S/C21H18N2O3/c1-14-9-10-16-18(12-14)22-21(15-6-3-2-4-7-15)20(16)17(13-23(24)25)19-8-5-11-26-19/h2-12,17,22H,13H2,1H3. The largest absolute Gasteiger partial charge is 0.468 e. The zero-order valence-electron chi connectivity index (χ0n) is 14.3. The van der Waals surface area contributed by atoms with Crippen LogP contribution >= 0.6 is 0 Å². The van der Waals surface area contributed by atoms with Crippen LogP contribution in [0.1, 0.15) is 22.8 Å².